The molecule has 2 nitrogen and oxygen atoms in total. The summed E-state index contributed by atoms with van der Waals surface area (Å²) in [5, 5.41) is 8.95. The minimum Gasteiger partial charge on any atom is -0.393 e. The van der Waals surface area contributed by atoms with Crippen LogP contribution >= 0.6 is 0 Å². The molecular weight excluding hydrogens is 195 g/mol. The summed E-state index contributed by atoms with van der Waals surface area (Å²) in [6.07, 6.45) is -4.44. The predicted molar refractivity (Wildman–Crippen MR) is 49.1 cm³/mol. The third-order valence-corrected chi connectivity index (χ3v) is 1.93. The van der Waals surface area contributed by atoms with Crippen LogP contribution in [-0.4, -0.2) is 42.4 Å². The molecule has 0 bridgehead atoms. The van der Waals surface area contributed by atoms with Gasteiger partial charge in [-0.25, -0.2) is 0 Å². The van der Waals surface area contributed by atoms with E-state index in [9.17, 15) is 13.2 Å². The number of nitrogens with zero attached hydrogens (tertiary/aromatic N) is 1. The van der Waals surface area contributed by atoms with Gasteiger partial charge in [-0.2, -0.15) is 13.2 Å². The van der Waals surface area contributed by atoms with Gasteiger partial charge in [-0.15, -0.1) is 0 Å². The quantitative estimate of drug-likeness (QED) is 0.729. The van der Waals surface area contributed by atoms with E-state index in [4.69, 9.17) is 5.11 Å². The van der Waals surface area contributed by atoms with Gasteiger partial charge < -0.3 is 10.0 Å². The Morgan fingerprint density at radius 3 is 2.29 bits per heavy atom. The number of alkyl halides is 3. The summed E-state index contributed by atoms with van der Waals surface area (Å²) in [4.78, 5) is 1.80. The van der Waals surface area contributed by atoms with Crippen LogP contribution in [0, 0.1) is 0 Å². The van der Waals surface area contributed by atoms with E-state index in [1.807, 2.05) is 0 Å². The minimum absolute atomic E-state index is 0.125. The molecule has 0 amide bonds. The van der Waals surface area contributed by atoms with Crippen LogP contribution in [0.3, 0.4) is 0 Å². The molecule has 0 saturated carbocycles. The van der Waals surface area contributed by atoms with Crippen molar-refractivity contribution in [3.05, 3.63) is 0 Å². The molecule has 0 heterocycles. The molecule has 0 aliphatic rings. The second kappa shape index (κ2) is 6.24. The Bertz CT molecular complexity index is 147. The first-order valence-electron chi connectivity index (χ1n) is 4.74. The predicted octanol–water partition coefficient (Wildman–Crippen LogP) is 2.03. The highest BCUT2D eigenvalue weighted by atomic mass is 19.4. The van der Waals surface area contributed by atoms with Gasteiger partial charge >= 0.3 is 6.18 Å². The Morgan fingerprint density at radius 2 is 1.86 bits per heavy atom. The number of halogens is 3. The number of rotatable bonds is 6. The average Bonchev–Trinajstić information content (AvgIpc) is 1.98. The lowest BCUT2D eigenvalue weighted by molar-refractivity contribution is -0.136. The summed E-state index contributed by atoms with van der Waals surface area (Å²) in [5.74, 6) is 0. The lowest BCUT2D eigenvalue weighted by Crippen LogP contribution is -2.24. The maximum atomic E-state index is 11.8. The van der Waals surface area contributed by atoms with Crippen LogP contribution in [0.25, 0.3) is 0 Å². The van der Waals surface area contributed by atoms with Crippen molar-refractivity contribution in [3.8, 4) is 0 Å². The van der Waals surface area contributed by atoms with E-state index in [2.05, 4.69) is 0 Å². The third kappa shape index (κ3) is 9.80. The highest BCUT2D eigenvalue weighted by Gasteiger charge is 2.26. The van der Waals surface area contributed by atoms with Crippen LogP contribution in [0.5, 0.6) is 0 Å². The first-order valence-corrected chi connectivity index (χ1v) is 4.74. The lowest BCUT2D eigenvalue weighted by atomic mass is 10.2. The van der Waals surface area contributed by atoms with Gasteiger partial charge in [-0.1, -0.05) is 0 Å². The van der Waals surface area contributed by atoms with Gasteiger partial charge in [0.05, 0.1) is 6.10 Å². The van der Waals surface area contributed by atoms with Crippen molar-refractivity contribution in [3.63, 3.8) is 0 Å². The van der Waals surface area contributed by atoms with Crippen molar-refractivity contribution in [1.29, 1.82) is 0 Å². The van der Waals surface area contributed by atoms with E-state index in [-0.39, 0.29) is 12.5 Å². The first kappa shape index (κ1) is 13.7. The lowest BCUT2D eigenvalue weighted by Gasteiger charge is -2.17. The second-order valence-electron chi connectivity index (χ2n) is 3.66. The smallest absolute Gasteiger partial charge is 0.389 e. The van der Waals surface area contributed by atoms with Gasteiger partial charge in [0.1, 0.15) is 0 Å². The Balaban J connectivity index is 3.40. The Morgan fingerprint density at radius 1 is 1.29 bits per heavy atom. The normalized spacial score (nSPS) is 14.8. The van der Waals surface area contributed by atoms with E-state index in [0.717, 1.165) is 0 Å². The Kier molecular flexibility index (Phi) is 6.11. The molecule has 0 rings (SSSR count). The Labute approximate surface area is 82.7 Å². The van der Waals surface area contributed by atoms with Crippen molar-refractivity contribution in [2.75, 3.05) is 20.1 Å². The second-order valence-corrected chi connectivity index (χ2v) is 3.66. The molecular formula is C9H18F3NO. The molecule has 0 aromatic rings. The highest BCUT2D eigenvalue weighted by molar-refractivity contribution is 4.58. The van der Waals surface area contributed by atoms with Crippen LogP contribution in [0.15, 0.2) is 0 Å². The van der Waals surface area contributed by atoms with Crippen molar-refractivity contribution in [2.24, 2.45) is 0 Å². The van der Waals surface area contributed by atoms with Crippen LogP contribution in [-0.2, 0) is 0 Å². The SMILES string of the molecule is CC(O)CCN(C)CCCC(F)(F)F. The van der Waals surface area contributed by atoms with Gasteiger partial charge in [0.25, 0.3) is 0 Å². The van der Waals surface area contributed by atoms with Crippen LogP contribution in [0.4, 0.5) is 13.2 Å². The molecule has 0 fully saturated rings. The molecule has 0 aliphatic carbocycles. The van der Waals surface area contributed by atoms with Gasteiger partial charge in [0.2, 0.25) is 0 Å². The molecule has 0 radical (unpaired) electrons. The van der Waals surface area contributed by atoms with Crippen molar-refractivity contribution >= 4 is 0 Å². The summed E-state index contributed by atoms with van der Waals surface area (Å²) in [5.41, 5.74) is 0. The van der Waals surface area contributed by atoms with E-state index < -0.39 is 12.6 Å². The molecule has 86 valence electrons. The van der Waals surface area contributed by atoms with E-state index >= 15 is 0 Å². The molecule has 0 spiro atoms. The van der Waals surface area contributed by atoms with Crippen molar-refractivity contribution in [2.45, 2.75) is 38.5 Å². The summed E-state index contributed by atoms with van der Waals surface area (Å²) >= 11 is 0. The fourth-order valence-corrected chi connectivity index (χ4v) is 1.07. The molecule has 1 N–H and O–H groups in total. The number of hydrogen-bond acceptors (Lipinski definition) is 2. The summed E-state index contributed by atoms with van der Waals surface area (Å²) in [6, 6.07) is 0. The molecule has 0 saturated heterocycles. The summed E-state index contributed by atoms with van der Waals surface area (Å²) in [7, 11) is 1.76. The average molecular weight is 213 g/mol. The van der Waals surface area contributed by atoms with Gasteiger partial charge in [-0.3, -0.25) is 0 Å². The molecule has 0 aromatic heterocycles. The fraction of sp³-hybridized carbons (Fsp3) is 1.00. The monoisotopic (exact) mass is 213 g/mol. The maximum absolute atomic E-state index is 11.8. The number of aliphatic hydroxyl groups excluding tert-OH is 1. The van der Waals surface area contributed by atoms with Gasteiger partial charge in [-0.05, 0) is 33.4 Å². The van der Waals surface area contributed by atoms with Crippen LogP contribution < -0.4 is 0 Å². The molecule has 1 atom stereocenters. The molecule has 5 heteroatoms. The molecule has 0 aromatic carbocycles. The van der Waals surface area contributed by atoms with Crippen molar-refractivity contribution in [1.82, 2.24) is 4.90 Å². The van der Waals surface area contributed by atoms with E-state index in [0.29, 0.717) is 19.5 Å². The van der Waals surface area contributed by atoms with Gasteiger partial charge in [0.15, 0.2) is 0 Å². The van der Waals surface area contributed by atoms with Crippen LogP contribution in [0.1, 0.15) is 26.2 Å². The molecule has 0 aliphatic heterocycles. The standard InChI is InChI=1S/C9H18F3NO/c1-8(14)4-7-13(2)6-3-5-9(10,11)12/h8,14H,3-7H2,1-2H3. The van der Waals surface area contributed by atoms with Gasteiger partial charge in [0, 0.05) is 13.0 Å². The zero-order valence-electron chi connectivity index (χ0n) is 8.64. The number of hydrogen-bond donors (Lipinski definition) is 1. The molecule has 14 heavy (non-hydrogen) atoms. The fourth-order valence-electron chi connectivity index (χ4n) is 1.07. The third-order valence-electron chi connectivity index (χ3n) is 1.93. The van der Waals surface area contributed by atoms with E-state index in [1.54, 1.807) is 18.9 Å². The highest BCUT2D eigenvalue weighted by Crippen LogP contribution is 2.21. The Hall–Kier alpha value is -0.290. The van der Waals surface area contributed by atoms with Crippen LogP contribution in [0.2, 0.25) is 0 Å². The minimum atomic E-state index is -4.05. The zero-order chi connectivity index (χ0) is 11.2. The zero-order valence-corrected chi connectivity index (χ0v) is 8.64. The largest absolute Gasteiger partial charge is 0.393 e. The number of aliphatic hydroxyl groups is 1. The van der Waals surface area contributed by atoms with E-state index in [1.165, 1.54) is 0 Å². The summed E-state index contributed by atoms with van der Waals surface area (Å²) < 4.78 is 35.3. The topological polar surface area (TPSA) is 23.5 Å². The van der Waals surface area contributed by atoms with Crippen molar-refractivity contribution < 1.29 is 18.3 Å². The first-order chi connectivity index (χ1) is 6.31. The molecule has 1 unspecified atom stereocenters. The summed E-state index contributed by atoms with van der Waals surface area (Å²) in [6.45, 7) is 2.73. The maximum Gasteiger partial charge on any atom is 0.389 e.